The largest absolute Gasteiger partial charge is 0.492 e. The van der Waals surface area contributed by atoms with E-state index in [2.05, 4.69) is 10.1 Å². The zero-order chi connectivity index (χ0) is 14.4. The molecule has 0 atom stereocenters. The van der Waals surface area contributed by atoms with Gasteiger partial charge in [0.2, 0.25) is 0 Å². The van der Waals surface area contributed by atoms with Gasteiger partial charge in [-0.2, -0.15) is 0 Å². The van der Waals surface area contributed by atoms with Crippen LogP contribution >= 0.6 is 0 Å². The standard InChI is InChI=1S/C14H20N2O4/c1-3-19-13-10-12(16-5-7-18-8-6-16)14(20-4-2)9-11(13)15-17/h9-10H,3-8H2,1-2H3. The SMILES string of the molecule is CCOc1cc(N2CCOCC2)c(OCC)cc1N=O. The Morgan fingerprint density at radius 2 is 1.80 bits per heavy atom. The highest BCUT2D eigenvalue weighted by Crippen LogP contribution is 2.40. The first-order valence-electron chi connectivity index (χ1n) is 6.89. The van der Waals surface area contributed by atoms with Crippen LogP contribution < -0.4 is 14.4 Å². The molecule has 0 saturated carbocycles. The van der Waals surface area contributed by atoms with Crippen molar-refractivity contribution < 1.29 is 14.2 Å². The summed E-state index contributed by atoms with van der Waals surface area (Å²) in [6, 6.07) is 3.48. The first kappa shape index (κ1) is 14.6. The molecule has 1 fully saturated rings. The molecule has 1 aromatic rings. The van der Waals surface area contributed by atoms with Crippen molar-refractivity contribution in [3.63, 3.8) is 0 Å². The second kappa shape index (κ2) is 7.09. The van der Waals surface area contributed by atoms with Gasteiger partial charge in [0.1, 0.15) is 5.75 Å². The number of hydrogen-bond donors (Lipinski definition) is 0. The summed E-state index contributed by atoms with van der Waals surface area (Å²) in [7, 11) is 0. The number of morpholine rings is 1. The zero-order valence-electron chi connectivity index (χ0n) is 11.9. The maximum absolute atomic E-state index is 10.9. The second-order valence-electron chi connectivity index (χ2n) is 4.34. The summed E-state index contributed by atoms with van der Waals surface area (Å²) in [5.41, 5.74) is 1.19. The van der Waals surface area contributed by atoms with Crippen LogP contribution in [0.15, 0.2) is 17.3 Å². The van der Waals surface area contributed by atoms with Crippen molar-refractivity contribution >= 4 is 11.4 Å². The van der Waals surface area contributed by atoms with E-state index in [-0.39, 0.29) is 5.69 Å². The molecule has 6 heteroatoms. The van der Waals surface area contributed by atoms with Gasteiger partial charge in [-0.15, -0.1) is 4.91 Å². The minimum atomic E-state index is 0.271. The van der Waals surface area contributed by atoms with E-state index in [0.29, 0.717) is 37.9 Å². The number of nitrogens with zero attached hydrogens (tertiary/aromatic N) is 2. The highest BCUT2D eigenvalue weighted by molar-refractivity contribution is 5.70. The van der Waals surface area contributed by atoms with E-state index in [1.165, 1.54) is 0 Å². The molecule has 1 aliphatic rings. The van der Waals surface area contributed by atoms with Crippen molar-refractivity contribution in [1.29, 1.82) is 0 Å². The third-order valence-corrected chi connectivity index (χ3v) is 3.09. The van der Waals surface area contributed by atoms with Crippen molar-refractivity contribution in [3.05, 3.63) is 17.0 Å². The van der Waals surface area contributed by atoms with E-state index in [0.717, 1.165) is 18.8 Å². The van der Waals surface area contributed by atoms with Crippen LogP contribution in [-0.2, 0) is 4.74 Å². The molecule has 1 saturated heterocycles. The van der Waals surface area contributed by atoms with Gasteiger partial charge in [0, 0.05) is 25.2 Å². The van der Waals surface area contributed by atoms with Crippen LogP contribution in [0.2, 0.25) is 0 Å². The Balaban J connectivity index is 2.39. The minimum absolute atomic E-state index is 0.271. The molecule has 0 amide bonds. The van der Waals surface area contributed by atoms with Gasteiger partial charge in [0.15, 0.2) is 11.4 Å². The molecule has 6 nitrogen and oxygen atoms in total. The third-order valence-electron chi connectivity index (χ3n) is 3.09. The first-order valence-corrected chi connectivity index (χ1v) is 6.89. The van der Waals surface area contributed by atoms with Crippen LogP contribution in [0.1, 0.15) is 13.8 Å². The Hall–Kier alpha value is -1.82. The molecule has 2 rings (SSSR count). The Morgan fingerprint density at radius 1 is 1.15 bits per heavy atom. The highest BCUT2D eigenvalue weighted by atomic mass is 16.5. The molecule has 0 N–H and O–H groups in total. The molecule has 0 aromatic heterocycles. The first-order chi connectivity index (χ1) is 9.80. The molecule has 20 heavy (non-hydrogen) atoms. The van der Waals surface area contributed by atoms with E-state index in [1.54, 1.807) is 6.07 Å². The molecule has 110 valence electrons. The maximum atomic E-state index is 10.9. The Kier molecular flexibility index (Phi) is 5.17. The Labute approximate surface area is 118 Å². The van der Waals surface area contributed by atoms with Crippen LogP contribution in [0.4, 0.5) is 11.4 Å². The summed E-state index contributed by atoms with van der Waals surface area (Å²) in [6.45, 7) is 7.75. The summed E-state index contributed by atoms with van der Waals surface area (Å²) in [5.74, 6) is 1.15. The second-order valence-corrected chi connectivity index (χ2v) is 4.34. The predicted molar refractivity (Wildman–Crippen MR) is 77.3 cm³/mol. The average molecular weight is 280 g/mol. The van der Waals surface area contributed by atoms with E-state index < -0.39 is 0 Å². The van der Waals surface area contributed by atoms with Crippen LogP contribution in [0.3, 0.4) is 0 Å². The van der Waals surface area contributed by atoms with Crippen LogP contribution in [0.25, 0.3) is 0 Å². The molecule has 0 unspecified atom stereocenters. The van der Waals surface area contributed by atoms with Gasteiger partial charge in [-0.05, 0) is 19.0 Å². The molecule has 1 aromatic carbocycles. The number of nitroso groups, excluding NO2 is 1. The smallest absolute Gasteiger partial charge is 0.153 e. The lowest BCUT2D eigenvalue weighted by atomic mass is 10.2. The molecule has 0 spiro atoms. The zero-order valence-corrected chi connectivity index (χ0v) is 11.9. The van der Waals surface area contributed by atoms with Crippen molar-refractivity contribution in [2.75, 3.05) is 44.4 Å². The number of benzene rings is 1. The van der Waals surface area contributed by atoms with E-state index in [1.807, 2.05) is 19.9 Å². The molecule has 0 aliphatic carbocycles. The molecular formula is C14H20N2O4. The quantitative estimate of drug-likeness (QED) is 0.750. The van der Waals surface area contributed by atoms with Gasteiger partial charge < -0.3 is 19.1 Å². The number of hydrogen-bond acceptors (Lipinski definition) is 6. The molecule has 0 bridgehead atoms. The summed E-state index contributed by atoms with van der Waals surface area (Å²) in [4.78, 5) is 13.1. The third kappa shape index (κ3) is 3.19. The van der Waals surface area contributed by atoms with Gasteiger partial charge in [0.25, 0.3) is 0 Å². The Bertz CT molecular complexity index is 459. The normalized spacial score (nSPS) is 15.0. The number of ether oxygens (including phenoxy) is 3. The maximum Gasteiger partial charge on any atom is 0.153 e. The summed E-state index contributed by atoms with van der Waals surface area (Å²) >= 11 is 0. The van der Waals surface area contributed by atoms with Crippen molar-refractivity contribution in [1.82, 2.24) is 0 Å². The van der Waals surface area contributed by atoms with Gasteiger partial charge in [-0.1, -0.05) is 0 Å². The highest BCUT2D eigenvalue weighted by Gasteiger charge is 2.19. The van der Waals surface area contributed by atoms with E-state index >= 15 is 0 Å². The average Bonchev–Trinajstić information content (AvgIpc) is 2.49. The van der Waals surface area contributed by atoms with Crippen LogP contribution in [-0.4, -0.2) is 39.5 Å². The molecular weight excluding hydrogens is 260 g/mol. The lowest BCUT2D eigenvalue weighted by Crippen LogP contribution is -2.36. The van der Waals surface area contributed by atoms with Crippen molar-refractivity contribution in [3.8, 4) is 11.5 Å². The number of rotatable bonds is 6. The van der Waals surface area contributed by atoms with E-state index in [4.69, 9.17) is 14.2 Å². The van der Waals surface area contributed by atoms with Gasteiger partial charge in [-0.3, -0.25) is 0 Å². The summed E-state index contributed by atoms with van der Waals surface area (Å²) in [5, 5.41) is 3.02. The van der Waals surface area contributed by atoms with Crippen molar-refractivity contribution in [2.45, 2.75) is 13.8 Å². The van der Waals surface area contributed by atoms with Crippen molar-refractivity contribution in [2.24, 2.45) is 5.18 Å². The molecule has 1 aliphatic heterocycles. The monoisotopic (exact) mass is 280 g/mol. The van der Waals surface area contributed by atoms with Gasteiger partial charge in [0.05, 0.1) is 32.1 Å². The van der Waals surface area contributed by atoms with Crippen LogP contribution in [0.5, 0.6) is 11.5 Å². The number of anilines is 1. The Morgan fingerprint density at radius 3 is 2.40 bits per heavy atom. The predicted octanol–water partition coefficient (Wildman–Crippen LogP) is 2.72. The van der Waals surface area contributed by atoms with Gasteiger partial charge in [-0.25, -0.2) is 0 Å². The molecule has 0 radical (unpaired) electrons. The fraction of sp³-hybridized carbons (Fsp3) is 0.571. The lowest BCUT2D eigenvalue weighted by Gasteiger charge is -2.30. The summed E-state index contributed by atoms with van der Waals surface area (Å²) in [6.07, 6.45) is 0. The molecule has 1 heterocycles. The fourth-order valence-corrected chi connectivity index (χ4v) is 2.20. The topological polar surface area (TPSA) is 60.4 Å². The van der Waals surface area contributed by atoms with Gasteiger partial charge >= 0.3 is 0 Å². The minimum Gasteiger partial charge on any atom is -0.492 e. The lowest BCUT2D eigenvalue weighted by molar-refractivity contribution is 0.122. The van der Waals surface area contributed by atoms with Crippen LogP contribution in [0, 0.1) is 4.91 Å². The van der Waals surface area contributed by atoms with E-state index in [9.17, 15) is 4.91 Å². The fourth-order valence-electron chi connectivity index (χ4n) is 2.20. The summed E-state index contributed by atoms with van der Waals surface area (Å²) < 4.78 is 16.5.